The van der Waals surface area contributed by atoms with Gasteiger partial charge in [-0.15, -0.1) is 0 Å². The van der Waals surface area contributed by atoms with E-state index < -0.39 is 0 Å². The summed E-state index contributed by atoms with van der Waals surface area (Å²) in [6.45, 7) is 5.78. The molecular formula is C21H20BrN. The molecule has 0 saturated carbocycles. The smallest absolute Gasteiger partial charge is 0.0996 e. The summed E-state index contributed by atoms with van der Waals surface area (Å²) in [6, 6.07) is 18.4. The van der Waals surface area contributed by atoms with Gasteiger partial charge in [-0.2, -0.15) is 0 Å². The van der Waals surface area contributed by atoms with Crippen LogP contribution in [0.15, 0.2) is 101 Å². The zero-order chi connectivity index (χ0) is 16.5. The fourth-order valence-corrected chi connectivity index (χ4v) is 2.65. The average molecular weight is 366 g/mol. The normalized spacial score (nSPS) is 13.6. The van der Waals surface area contributed by atoms with Crippen LogP contribution >= 0.6 is 15.9 Å². The molecule has 2 heteroatoms. The van der Waals surface area contributed by atoms with E-state index in [2.05, 4.69) is 46.8 Å². The molecule has 23 heavy (non-hydrogen) atoms. The van der Waals surface area contributed by atoms with Crippen LogP contribution in [0.1, 0.15) is 24.1 Å². The van der Waals surface area contributed by atoms with Gasteiger partial charge in [-0.05, 0) is 24.1 Å². The fraction of sp³-hybridized carbons (Fsp3) is 0.0952. The van der Waals surface area contributed by atoms with Gasteiger partial charge in [-0.1, -0.05) is 95.3 Å². The molecule has 1 nitrogen and oxygen atoms in total. The molecule has 0 aliphatic rings. The third-order valence-corrected chi connectivity index (χ3v) is 4.18. The van der Waals surface area contributed by atoms with Crippen molar-refractivity contribution in [1.29, 1.82) is 0 Å². The van der Waals surface area contributed by atoms with Crippen molar-refractivity contribution >= 4 is 22.1 Å². The van der Waals surface area contributed by atoms with Crippen LogP contribution in [-0.2, 0) is 0 Å². The fourth-order valence-electron chi connectivity index (χ4n) is 2.26. The van der Waals surface area contributed by atoms with Crippen LogP contribution in [0, 0.1) is 0 Å². The minimum Gasteiger partial charge on any atom is -0.280 e. The van der Waals surface area contributed by atoms with E-state index in [9.17, 15) is 0 Å². The molecule has 1 unspecified atom stereocenters. The molecule has 0 radical (unpaired) electrons. The summed E-state index contributed by atoms with van der Waals surface area (Å²) in [6.07, 6.45) is 9.80. The number of aliphatic imine (C=N–C) groups is 1. The molecule has 116 valence electrons. The Morgan fingerprint density at radius 1 is 1.09 bits per heavy atom. The molecule has 0 N–H and O–H groups in total. The first-order valence-electron chi connectivity index (χ1n) is 7.54. The number of hydrogen-bond donors (Lipinski definition) is 0. The molecule has 2 rings (SSSR count). The second-order valence-corrected chi connectivity index (χ2v) is 5.85. The molecule has 0 fully saturated rings. The van der Waals surface area contributed by atoms with Crippen LogP contribution in [0.5, 0.6) is 0 Å². The summed E-state index contributed by atoms with van der Waals surface area (Å²) in [4.78, 5) is 4.84. The molecule has 0 aliphatic carbocycles. The van der Waals surface area contributed by atoms with Crippen molar-refractivity contribution < 1.29 is 0 Å². The quantitative estimate of drug-likeness (QED) is 0.420. The lowest BCUT2D eigenvalue weighted by atomic mass is 9.98. The Morgan fingerprint density at radius 2 is 1.78 bits per heavy atom. The minimum absolute atomic E-state index is 0.0375. The number of nitrogens with zero attached hydrogens (tertiary/aromatic N) is 1. The van der Waals surface area contributed by atoms with Crippen LogP contribution in [0.3, 0.4) is 0 Å². The SMILES string of the molecule is C=C/C=C\C(=C/C)C(N=Cc1ccccc1Br)c1ccccc1. The van der Waals surface area contributed by atoms with E-state index in [4.69, 9.17) is 4.99 Å². The monoisotopic (exact) mass is 365 g/mol. The minimum atomic E-state index is -0.0375. The largest absolute Gasteiger partial charge is 0.280 e. The Kier molecular flexibility index (Phi) is 6.76. The summed E-state index contributed by atoms with van der Waals surface area (Å²) in [5.74, 6) is 0. The van der Waals surface area contributed by atoms with Crippen LogP contribution in [0.4, 0.5) is 0 Å². The zero-order valence-electron chi connectivity index (χ0n) is 13.2. The van der Waals surface area contributed by atoms with Crippen molar-refractivity contribution in [3.05, 3.63) is 107 Å². The van der Waals surface area contributed by atoms with E-state index in [1.54, 1.807) is 6.08 Å². The number of benzene rings is 2. The lowest BCUT2D eigenvalue weighted by Crippen LogP contribution is -1.99. The summed E-state index contributed by atoms with van der Waals surface area (Å²) in [7, 11) is 0. The summed E-state index contributed by atoms with van der Waals surface area (Å²) in [5.41, 5.74) is 3.37. The Bertz CT molecular complexity index is 727. The lowest BCUT2D eigenvalue weighted by molar-refractivity contribution is 0.874. The van der Waals surface area contributed by atoms with E-state index in [-0.39, 0.29) is 6.04 Å². The van der Waals surface area contributed by atoms with Gasteiger partial charge in [0.05, 0.1) is 6.04 Å². The molecule has 0 aliphatic heterocycles. The molecule has 2 aromatic rings. The highest BCUT2D eigenvalue weighted by molar-refractivity contribution is 9.10. The van der Waals surface area contributed by atoms with Crippen molar-refractivity contribution in [2.24, 2.45) is 4.99 Å². The highest BCUT2D eigenvalue weighted by atomic mass is 79.9. The maximum absolute atomic E-state index is 4.84. The van der Waals surface area contributed by atoms with Gasteiger partial charge >= 0.3 is 0 Å². The van der Waals surface area contributed by atoms with E-state index >= 15 is 0 Å². The standard InChI is InChI=1S/C21H20BrN/c1-3-5-11-17(4-2)21(18-12-7-6-8-13-18)23-16-19-14-9-10-15-20(19)22/h3-16,21H,1H2,2H3/b11-5-,17-4+,23-16?. The molecule has 0 aromatic heterocycles. The maximum atomic E-state index is 4.84. The molecule has 0 bridgehead atoms. The Hall–Kier alpha value is -2.19. The number of hydrogen-bond acceptors (Lipinski definition) is 1. The van der Waals surface area contributed by atoms with Crippen molar-refractivity contribution in [3.63, 3.8) is 0 Å². The second-order valence-electron chi connectivity index (χ2n) is 5.00. The van der Waals surface area contributed by atoms with Gasteiger partial charge in [0.1, 0.15) is 0 Å². The van der Waals surface area contributed by atoms with Crippen molar-refractivity contribution in [2.75, 3.05) is 0 Å². The molecule has 0 heterocycles. The second kappa shape index (κ2) is 9.06. The van der Waals surface area contributed by atoms with E-state index in [1.807, 2.05) is 61.7 Å². The first-order valence-corrected chi connectivity index (χ1v) is 8.33. The lowest BCUT2D eigenvalue weighted by Gasteiger charge is -2.14. The van der Waals surface area contributed by atoms with Gasteiger partial charge in [0.2, 0.25) is 0 Å². The van der Waals surface area contributed by atoms with Gasteiger partial charge in [0.25, 0.3) is 0 Å². The number of halogens is 1. The van der Waals surface area contributed by atoms with Gasteiger partial charge in [0, 0.05) is 16.3 Å². The molecular weight excluding hydrogens is 346 g/mol. The Labute approximate surface area is 146 Å². The van der Waals surface area contributed by atoms with Gasteiger partial charge in [0.15, 0.2) is 0 Å². The predicted molar refractivity (Wildman–Crippen MR) is 104 cm³/mol. The first-order chi connectivity index (χ1) is 11.3. The molecule has 0 saturated heterocycles. The molecule has 2 aromatic carbocycles. The maximum Gasteiger partial charge on any atom is 0.0996 e. The topological polar surface area (TPSA) is 12.4 Å². The summed E-state index contributed by atoms with van der Waals surface area (Å²) in [5, 5.41) is 0. The third kappa shape index (κ3) is 4.90. The third-order valence-electron chi connectivity index (χ3n) is 3.46. The Balaban J connectivity index is 2.40. The van der Waals surface area contributed by atoms with E-state index in [0.29, 0.717) is 0 Å². The summed E-state index contributed by atoms with van der Waals surface area (Å²) < 4.78 is 1.04. The molecule has 0 spiro atoms. The predicted octanol–water partition coefficient (Wildman–Crippen LogP) is 6.30. The van der Waals surface area contributed by atoms with E-state index in [1.165, 1.54) is 0 Å². The van der Waals surface area contributed by atoms with Crippen LogP contribution in [0.25, 0.3) is 0 Å². The van der Waals surface area contributed by atoms with Gasteiger partial charge in [-0.25, -0.2) is 0 Å². The van der Waals surface area contributed by atoms with Crippen LogP contribution < -0.4 is 0 Å². The van der Waals surface area contributed by atoms with E-state index in [0.717, 1.165) is 21.2 Å². The highest BCUT2D eigenvalue weighted by Crippen LogP contribution is 2.27. The van der Waals surface area contributed by atoms with Crippen molar-refractivity contribution in [1.82, 2.24) is 0 Å². The molecule has 0 amide bonds. The number of allylic oxidation sites excluding steroid dienone is 3. The van der Waals surface area contributed by atoms with Crippen molar-refractivity contribution in [3.8, 4) is 0 Å². The van der Waals surface area contributed by atoms with Gasteiger partial charge < -0.3 is 0 Å². The average Bonchev–Trinajstić information content (AvgIpc) is 2.60. The van der Waals surface area contributed by atoms with Crippen LogP contribution in [0.2, 0.25) is 0 Å². The number of rotatable bonds is 6. The zero-order valence-corrected chi connectivity index (χ0v) is 14.8. The Morgan fingerprint density at radius 3 is 2.43 bits per heavy atom. The highest BCUT2D eigenvalue weighted by Gasteiger charge is 2.12. The molecule has 1 atom stereocenters. The van der Waals surface area contributed by atoms with Crippen molar-refractivity contribution in [2.45, 2.75) is 13.0 Å². The summed E-state index contributed by atoms with van der Waals surface area (Å²) >= 11 is 3.57. The van der Waals surface area contributed by atoms with Crippen LogP contribution in [-0.4, -0.2) is 6.21 Å². The van der Waals surface area contributed by atoms with Gasteiger partial charge in [-0.3, -0.25) is 4.99 Å². The first kappa shape index (κ1) is 17.2.